The Morgan fingerprint density at radius 1 is 0.500 bits per heavy atom. The van der Waals surface area contributed by atoms with Crippen molar-refractivity contribution in [2.24, 2.45) is 65.1 Å². The fourth-order valence-corrected chi connectivity index (χ4v) is 4.85. The summed E-state index contributed by atoms with van der Waals surface area (Å²) < 4.78 is 0. The molecule has 0 bridgehead atoms. The molecule has 0 aliphatic rings. The van der Waals surface area contributed by atoms with E-state index in [0.29, 0.717) is 23.7 Å². The fraction of sp³-hybridized carbons (Fsp3) is 0.923. The Morgan fingerprint density at radius 3 is 1.04 bits per heavy atom. The van der Waals surface area contributed by atoms with Gasteiger partial charge in [0.25, 0.3) is 0 Å². The maximum atomic E-state index is 5.68. The molecule has 11 unspecified atom stereocenters. The normalized spacial score (nSPS) is 24.9. The van der Waals surface area contributed by atoms with Crippen molar-refractivity contribution in [3.05, 3.63) is 0 Å². The van der Waals surface area contributed by atoms with Crippen LogP contribution in [-0.2, 0) is 0 Å². The van der Waals surface area contributed by atoms with Crippen molar-refractivity contribution in [2.75, 3.05) is 0 Å². The fourth-order valence-electron chi connectivity index (χ4n) is 4.85. The average molecular weight is 363 g/mol. The van der Waals surface area contributed by atoms with E-state index in [1.54, 1.807) is 0 Å². The highest BCUT2D eigenvalue weighted by atomic mass is 14.4. The average Bonchev–Trinajstić information content (AvgIpc) is 2.66. The molecule has 0 aliphatic carbocycles. The molecule has 0 heterocycles. The number of terminal acetylenes is 1. The molecule has 0 spiro atoms. The monoisotopic (exact) mass is 362 g/mol. The second-order valence-corrected chi connectivity index (χ2v) is 10.1. The summed E-state index contributed by atoms with van der Waals surface area (Å²) in [6.45, 7) is 29.1. The Bertz CT molecular complexity index is 416. The molecule has 0 amide bonds. The largest absolute Gasteiger partial charge is 0.120 e. The second-order valence-electron chi connectivity index (χ2n) is 10.1. The minimum Gasteiger partial charge on any atom is -0.120 e. The van der Waals surface area contributed by atoms with E-state index >= 15 is 0 Å². The van der Waals surface area contributed by atoms with Crippen LogP contribution in [0, 0.1) is 77.4 Å². The van der Waals surface area contributed by atoms with Crippen molar-refractivity contribution >= 4 is 0 Å². The Hall–Kier alpha value is -0.440. The van der Waals surface area contributed by atoms with E-state index in [4.69, 9.17) is 6.42 Å². The summed E-state index contributed by atoms with van der Waals surface area (Å²) in [6.07, 6.45) is 6.97. The summed E-state index contributed by atoms with van der Waals surface area (Å²) in [4.78, 5) is 0. The van der Waals surface area contributed by atoms with Gasteiger partial charge in [0.05, 0.1) is 0 Å². The van der Waals surface area contributed by atoms with Crippen molar-refractivity contribution in [1.29, 1.82) is 0 Å². The zero-order chi connectivity index (χ0) is 20.8. The van der Waals surface area contributed by atoms with E-state index in [1.165, 1.54) is 6.42 Å². The number of hydrogen-bond acceptors (Lipinski definition) is 0. The highest BCUT2D eigenvalue weighted by Crippen LogP contribution is 2.41. The molecular formula is C26H50. The SMILES string of the molecule is C#CC(C)C(C)C(C)C(C)C(C)C(C)C(C)C(C)C(C)C(C)C(C)CC. The van der Waals surface area contributed by atoms with E-state index < -0.39 is 0 Å². The zero-order valence-corrected chi connectivity index (χ0v) is 20.1. The van der Waals surface area contributed by atoms with Crippen LogP contribution in [0.15, 0.2) is 0 Å². The molecule has 154 valence electrons. The first-order valence-electron chi connectivity index (χ1n) is 11.4. The molecule has 0 heteroatoms. The third-order valence-electron chi connectivity index (χ3n) is 9.23. The zero-order valence-electron chi connectivity index (χ0n) is 20.1. The molecule has 0 saturated carbocycles. The third kappa shape index (κ3) is 6.32. The molecule has 0 radical (unpaired) electrons. The summed E-state index contributed by atoms with van der Waals surface area (Å²) in [5.74, 6) is 10.6. The molecule has 0 aromatic carbocycles. The Morgan fingerprint density at radius 2 is 0.769 bits per heavy atom. The molecule has 0 aromatic rings. The van der Waals surface area contributed by atoms with Gasteiger partial charge < -0.3 is 0 Å². The highest BCUT2D eigenvalue weighted by molar-refractivity contribution is 4.95. The lowest BCUT2D eigenvalue weighted by molar-refractivity contribution is 0.0778. The maximum Gasteiger partial charge on any atom is 0.0200 e. The molecule has 0 aliphatic heterocycles. The van der Waals surface area contributed by atoms with E-state index in [-0.39, 0.29) is 0 Å². The van der Waals surface area contributed by atoms with Crippen molar-refractivity contribution in [3.8, 4) is 12.3 Å². The summed E-state index contributed by atoms with van der Waals surface area (Å²) in [5, 5.41) is 0. The van der Waals surface area contributed by atoms with Crippen LogP contribution in [0.4, 0.5) is 0 Å². The number of hydrogen-bond donors (Lipinski definition) is 0. The van der Waals surface area contributed by atoms with Crippen molar-refractivity contribution < 1.29 is 0 Å². The van der Waals surface area contributed by atoms with Gasteiger partial charge in [-0.25, -0.2) is 0 Å². The number of rotatable bonds is 11. The lowest BCUT2D eigenvalue weighted by Gasteiger charge is -2.41. The van der Waals surface area contributed by atoms with Crippen LogP contribution in [0.2, 0.25) is 0 Å². The minimum absolute atomic E-state index is 0.364. The van der Waals surface area contributed by atoms with Gasteiger partial charge in [0.2, 0.25) is 0 Å². The molecule has 0 rings (SSSR count). The Kier molecular flexibility index (Phi) is 11.2. The topological polar surface area (TPSA) is 0 Å². The lowest BCUT2D eigenvalue weighted by Crippen LogP contribution is -2.35. The molecule has 0 saturated heterocycles. The predicted octanol–water partition coefficient (Wildman–Crippen LogP) is 8.03. The van der Waals surface area contributed by atoms with Crippen LogP contribution in [-0.4, -0.2) is 0 Å². The smallest absolute Gasteiger partial charge is 0.0200 e. The van der Waals surface area contributed by atoms with E-state index in [9.17, 15) is 0 Å². The predicted molar refractivity (Wildman–Crippen MR) is 120 cm³/mol. The van der Waals surface area contributed by atoms with Gasteiger partial charge >= 0.3 is 0 Å². The first-order valence-corrected chi connectivity index (χ1v) is 11.4. The van der Waals surface area contributed by atoms with Gasteiger partial charge in [-0.3, -0.25) is 0 Å². The van der Waals surface area contributed by atoms with Crippen LogP contribution in [0.25, 0.3) is 0 Å². The molecule has 11 atom stereocenters. The second kappa shape index (κ2) is 11.4. The van der Waals surface area contributed by atoms with Gasteiger partial charge in [-0.1, -0.05) is 89.5 Å². The van der Waals surface area contributed by atoms with E-state index in [0.717, 1.165) is 41.4 Å². The van der Waals surface area contributed by atoms with Crippen molar-refractivity contribution in [1.82, 2.24) is 0 Å². The quantitative estimate of drug-likeness (QED) is 0.326. The van der Waals surface area contributed by atoms with Crippen LogP contribution in [0.3, 0.4) is 0 Å². The molecule has 26 heavy (non-hydrogen) atoms. The summed E-state index contributed by atoms with van der Waals surface area (Å²) in [5.41, 5.74) is 0. The minimum atomic E-state index is 0.364. The first-order chi connectivity index (χ1) is 11.9. The van der Waals surface area contributed by atoms with Crippen LogP contribution >= 0.6 is 0 Å². The van der Waals surface area contributed by atoms with Crippen LogP contribution in [0.1, 0.15) is 89.5 Å². The maximum absolute atomic E-state index is 5.68. The lowest BCUT2D eigenvalue weighted by atomic mass is 9.64. The summed E-state index contributed by atoms with van der Waals surface area (Å²) >= 11 is 0. The molecular weight excluding hydrogens is 312 g/mol. The highest BCUT2D eigenvalue weighted by Gasteiger charge is 2.35. The van der Waals surface area contributed by atoms with Gasteiger partial charge in [0, 0.05) is 5.92 Å². The molecule has 0 fully saturated rings. The summed E-state index contributed by atoms with van der Waals surface area (Å²) in [7, 11) is 0. The van der Waals surface area contributed by atoms with Crippen molar-refractivity contribution in [3.63, 3.8) is 0 Å². The van der Waals surface area contributed by atoms with Crippen LogP contribution in [0.5, 0.6) is 0 Å². The standard InChI is InChI=1S/C26H50/c1-14-16(3)18(5)20(7)22(9)24(11)26(13)25(12)23(10)21(8)19(6)17(4)15-2/h1,16-26H,15H2,2-13H3. The van der Waals surface area contributed by atoms with Gasteiger partial charge in [0.1, 0.15) is 0 Å². The molecule has 0 N–H and O–H groups in total. The van der Waals surface area contributed by atoms with E-state index in [1.807, 2.05) is 0 Å². The van der Waals surface area contributed by atoms with Gasteiger partial charge in [0.15, 0.2) is 0 Å². The van der Waals surface area contributed by atoms with E-state index in [2.05, 4.69) is 89.0 Å². The van der Waals surface area contributed by atoms with Gasteiger partial charge in [-0.05, 0) is 59.2 Å². The van der Waals surface area contributed by atoms with Crippen LogP contribution < -0.4 is 0 Å². The molecule has 0 nitrogen and oxygen atoms in total. The molecule has 0 aromatic heterocycles. The van der Waals surface area contributed by atoms with Gasteiger partial charge in [-0.15, -0.1) is 12.3 Å². The Labute approximate surface area is 167 Å². The third-order valence-corrected chi connectivity index (χ3v) is 9.23. The van der Waals surface area contributed by atoms with Gasteiger partial charge in [-0.2, -0.15) is 0 Å². The summed E-state index contributed by atoms with van der Waals surface area (Å²) in [6, 6.07) is 0. The van der Waals surface area contributed by atoms with Crippen molar-refractivity contribution in [2.45, 2.75) is 89.5 Å². The Balaban J connectivity index is 5.04. The first kappa shape index (κ1) is 25.6.